The Balaban J connectivity index is 2.42. The van der Waals surface area contributed by atoms with Crippen LogP contribution < -0.4 is 4.72 Å². The van der Waals surface area contributed by atoms with Gasteiger partial charge in [-0.1, -0.05) is 11.6 Å². The molecule has 0 amide bonds. The fourth-order valence-electron chi connectivity index (χ4n) is 1.04. The molecule has 1 aromatic rings. The van der Waals surface area contributed by atoms with Crippen molar-refractivity contribution < 1.29 is 26.3 Å². The van der Waals surface area contributed by atoms with Crippen molar-refractivity contribution in [2.45, 2.75) is 11.1 Å². The summed E-state index contributed by atoms with van der Waals surface area (Å²) >= 11 is 5.50. The third-order valence-corrected chi connectivity index (χ3v) is 3.48. The van der Waals surface area contributed by atoms with Crippen molar-refractivity contribution in [3.63, 3.8) is 0 Å². The van der Waals surface area contributed by atoms with Crippen LogP contribution in [0.5, 0.6) is 0 Å². The number of hydrogen-bond acceptors (Lipinski definition) is 4. The Bertz CT molecular complexity index is 504. The van der Waals surface area contributed by atoms with Gasteiger partial charge in [0.2, 0.25) is 10.0 Å². The average Bonchev–Trinajstić information content (AvgIpc) is 2.27. The molecule has 0 aliphatic carbocycles. The van der Waals surface area contributed by atoms with E-state index in [0.717, 1.165) is 6.20 Å². The number of nitrogens with zero attached hydrogens (tertiary/aromatic N) is 1. The fraction of sp³-hybridized carbons (Fsp3) is 0.444. The van der Waals surface area contributed by atoms with Gasteiger partial charge in [-0.3, -0.25) is 0 Å². The molecule has 0 aliphatic heterocycles. The molecule has 0 spiro atoms. The molecule has 0 aliphatic rings. The van der Waals surface area contributed by atoms with Gasteiger partial charge in [-0.15, -0.1) is 0 Å². The van der Waals surface area contributed by atoms with Gasteiger partial charge in [-0.05, 0) is 12.1 Å². The topological polar surface area (TPSA) is 68.3 Å². The highest BCUT2D eigenvalue weighted by atomic mass is 35.5. The molecule has 0 unspecified atom stereocenters. The highest BCUT2D eigenvalue weighted by Gasteiger charge is 2.27. The molecule has 1 heterocycles. The predicted molar refractivity (Wildman–Crippen MR) is 61.3 cm³/mol. The lowest BCUT2D eigenvalue weighted by atomic mass is 10.5. The monoisotopic (exact) mass is 318 g/mol. The second-order valence-electron chi connectivity index (χ2n) is 3.38. The molecule has 0 saturated carbocycles. The highest BCUT2D eigenvalue weighted by molar-refractivity contribution is 7.89. The number of hydrogen-bond donors (Lipinski definition) is 1. The minimum Gasteiger partial charge on any atom is -0.371 e. The first-order valence-electron chi connectivity index (χ1n) is 4.96. The lowest BCUT2D eigenvalue weighted by molar-refractivity contribution is -0.173. The summed E-state index contributed by atoms with van der Waals surface area (Å²) in [6.07, 6.45) is -3.39. The molecule has 10 heteroatoms. The molecule has 1 aromatic heterocycles. The summed E-state index contributed by atoms with van der Waals surface area (Å²) in [5.74, 6) is 0. The van der Waals surface area contributed by atoms with Gasteiger partial charge in [0.25, 0.3) is 0 Å². The number of pyridine rings is 1. The van der Waals surface area contributed by atoms with Crippen LogP contribution in [0.2, 0.25) is 5.15 Å². The number of nitrogens with one attached hydrogen (secondary N) is 1. The zero-order valence-corrected chi connectivity index (χ0v) is 11.0. The minimum atomic E-state index is -4.43. The highest BCUT2D eigenvalue weighted by Crippen LogP contribution is 2.14. The van der Waals surface area contributed by atoms with Crippen molar-refractivity contribution in [2.24, 2.45) is 0 Å². The Kier molecular flexibility index (Phi) is 5.53. The molecule has 0 atom stereocenters. The van der Waals surface area contributed by atoms with E-state index in [1.165, 1.54) is 12.1 Å². The van der Waals surface area contributed by atoms with E-state index in [9.17, 15) is 21.6 Å². The summed E-state index contributed by atoms with van der Waals surface area (Å²) in [4.78, 5) is 3.46. The second kappa shape index (κ2) is 6.51. The SMILES string of the molecule is O=S(=O)(NCCOCC(F)(F)F)c1ccc(Cl)nc1. The minimum absolute atomic E-state index is 0.132. The van der Waals surface area contributed by atoms with Crippen LogP contribution in [0.4, 0.5) is 13.2 Å². The standard InChI is InChI=1S/C9H10ClF3N2O3S/c10-8-2-1-7(5-14-8)19(16,17)15-3-4-18-6-9(11,12)13/h1-2,5,15H,3-4,6H2. The zero-order valence-electron chi connectivity index (χ0n) is 9.45. The molecule has 1 N–H and O–H groups in total. The molecule has 0 saturated heterocycles. The Morgan fingerprint density at radius 3 is 2.58 bits per heavy atom. The quantitative estimate of drug-likeness (QED) is 0.639. The smallest absolute Gasteiger partial charge is 0.371 e. The van der Waals surface area contributed by atoms with Crippen LogP contribution in [0, 0.1) is 0 Å². The van der Waals surface area contributed by atoms with E-state index in [1.807, 2.05) is 0 Å². The number of ether oxygens (including phenoxy) is 1. The van der Waals surface area contributed by atoms with Gasteiger partial charge >= 0.3 is 6.18 Å². The summed E-state index contributed by atoms with van der Waals surface area (Å²) in [5.41, 5.74) is 0. The lowest BCUT2D eigenvalue weighted by Crippen LogP contribution is -2.29. The van der Waals surface area contributed by atoms with E-state index in [-0.39, 0.29) is 23.2 Å². The molecule has 0 fully saturated rings. The Labute approximate surface area is 112 Å². The van der Waals surface area contributed by atoms with Crippen molar-refractivity contribution in [2.75, 3.05) is 19.8 Å². The Hall–Kier alpha value is -0.900. The molecule has 108 valence electrons. The summed E-state index contributed by atoms with van der Waals surface area (Å²) in [5, 5.41) is 0.132. The number of alkyl halides is 3. The van der Waals surface area contributed by atoms with Crippen LogP contribution in [-0.4, -0.2) is 39.3 Å². The number of rotatable bonds is 6. The van der Waals surface area contributed by atoms with Gasteiger partial charge in [-0.2, -0.15) is 13.2 Å². The maximum absolute atomic E-state index is 11.7. The normalized spacial score (nSPS) is 12.6. The summed E-state index contributed by atoms with van der Waals surface area (Å²) < 4.78 is 64.8. The van der Waals surface area contributed by atoms with Crippen LogP contribution in [0.25, 0.3) is 0 Å². The third kappa shape index (κ3) is 6.19. The first kappa shape index (κ1) is 16.2. The van der Waals surface area contributed by atoms with E-state index in [4.69, 9.17) is 11.6 Å². The van der Waals surface area contributed by atoms with E-state index in [1.54, 1.807) is 0 Å². The van der Waals surface area contributed by atoms with Gasteiger partial charge in [0.1, 0.15) is 16.7 Å². The van der Waals surface area contributed by atoms with Crippen molar-refractivity contribution in [3.8, 4) is 0 Å². The Morgan fingerprint density at radius 1 is 1.37 bits per heavy atom. The van der Waals surface area contributed by atoms with Crippen LogP contribution in [0.3, 0.4) is 0 Å². The molecule has 1 rings (SSSR count). The average molecular weight is 319 g/mol. The van der Waals surface area contributed by atoms with Crippen LogP contribution >= 0.6 is 11.6 Å². The molecular weight excluding hydrogens is 309 g/mol. The van der Waals surface area contributed by atoms with Gasteiger partial charge in [0.05, 0.1) is 6.61 Å². The van der Waals surface area contributed by atoms with E-state index >= 15 is 0 Å². The Morgan fingerprint density at radius 2 is 2.05 bits per heavy atom. The molecule has 19 heavy (non-hydrogen) atoms. The van der Waals surface area contributed by atoms with Crippen molar-refractivity contribution >= 4 is 21.6 Å². The molecule has 5 nitrogen and oxygen atoms in total. The zero-order chi connectivity index (χ0) is 14.5. The largest absolute Gasteiger partial charge is 0.411 e. The maximum atomic E-state index is 11.7. The van der Waals surface area contributed by atoms with E-state index in [0.29, 0.717) is 0 Å². The summed E-state index contributed by atoms with van der Waals surface area (Å²) in [6, 6.07) is 2.52. The van der Waals surface area contributed by atoms with Crippen LogP contribution in [0.1, 0.15) is 0 Å². The van der Waals surface area contributed by atoms with E-state index < -0.39 is 22.8 Å². The van der Waals surface area contributed by atoms with Gasteiger partial charge in [-0.25, -0.2) is 18.1 Å². The van der Waals surface area contributed by atoms with Crippen molar-refractivity contribution in [1.82, 2.24) is 9.71 Å². The number of sulfonamides is 1. The predicted octanol–water partition coefficient (Wildman–Crippen LogP) is 1.59. The molecule has 0 aromatic carbocycles. The van der Waals surface area contributed by atoms with E-state index in [2.05, 4.69) is 14.4 Å². The molecule has 0 radical (unpaired) electrons. The first-order chi connectivity index (χ1) is 8.71. The number of halogens is 4. The lowest BCUT2D eigenvalue weighted by Gasteiger charge is -2.09. The summed E-state index contributed by atoms with van der Waals surface area (Å²) in [7, 11) is -3.83. The fourth-order valence-corrected chi connectivity index (χ4v) is 2.11. The van der Waals surface area contributed by atoms with Crippen molar-refractivity contribution in [3.05, 3.63) is 23.5 Å². The molecule has 0 bridgehead atoms. The van der Waals surface area contributed by atoms with Gasteiger partial charge in [0, 0.05) is 12.7 Å². The van der Waals surface area contributed by atoms with Gasteiger partial charge in [0.15, 0.2) is 0 Å². The second-order valence-corrected chi connectivity index (χ2v) is 5.54. The van der Waals surface area contributed by atoms with Crippen LogP contribution in [-0.2, 0) is 14.8 Å². The van der Waals surface area contributed by atoms with Gasteiger partial charge < -0.3 is 4.74 Å². The van der Waals surface area contributed by atoms with Crippen molar-refractivity contribution in [1.29, 1.82) is 0 Å². The first-order valence-corrected chi connectivity index (χ1v) is 6.82. The summed E-state index contributed by atoms with van der Waals surface area (Å²) in [6.45, 7) is -2.09. The third-order valence-electron chi connectivity index (χ3n) is 1.81. The van der Waals surface area contributed by atoms with Crippen LogP contribution in [0.15, 0.2) is 23.2 Å². The maximum Gasteiger partial charge on any atom is 0.411 e. The number of aromatic nitrogens is 1. The molecular formula is C9H10ClF3N2O3S.